The third kappa shape index (κ3) is 3.34. The first kappa shape index (κ1) is 15.4. The van der Waals surface area contributed by atoms with Crippen LogP contribution < -0.4 is 5.32 Å². The van der Waals surface area contributed by atoms with Crippen molar-refractivity contribution in [3.05, 3.63) is 39.6 Å². The average Bonchev–Trinajstić information content (AvgIpc) is 2.82. The molecule has 0 radical (unpaired) electrons. The van der Waals surface area contributed by atoms with Gasteiger partial charge in [-0.1, -0.05) is 11.6 Å². The SMILES string of the molecule is COCC(C)Nc1nccn1-c1cc(Cl)c(C)cc1Br. The van der Waals surface area contributed by atoms with Crippen molar-refractivity contribution in [1.82, 2.24) is 9.55 Å². The Kier molecular flexibility index (Phi) is 5.07. The van der Waals surface area contributed by atoms with Gasteiger partial charge in [0.15, 0.2) is 0 Å². The van der Waals surface area contributed by atoms with Gasteiger partial charge in [0, 0.05) is 35.0 Å². The van der Waals surface area contributed by atoms with Crippen molar-refractivity contribution in [1.29, 1.82) is 0 Å². The number of aryl methyl sites for hydroxylation is 1. The van der Waals surface area contributed by atoms with Gasteiger partial charge in [-0.15, -0.1) is 0 Å². The topological polar surface area (TPSA) is 39.1 Å². The lowest BCUT2D eigenvalue weighted by Gasteiger charge is -2.16. The number of nitrogens with zero attached hydrogens (tertiary/aromatic N) is 2. The molecule has 6 heteroatoms. The zero-order chi connectivity index (χ0) is 14.7. The van der Waals surface area contributed by atoms with Gasteiger partial charge in [-0.25, -0.2) is 4.98 Å². The molecule has 1 aromatic carbocycles. The van der Waals surface area contributed by atoms with Gasteiger partial charge in [-0.3, -0.25) is 4.57 Å². The number of aromatic nitrogens is 2. The summed E-state index contributed by atoms with van der Waals surface area (Å²) in [6.07, 6.45) is 3.65. The lowest BCUT2D eigenvalue weighted by Crippen LogP contribution is -2.22. The molecule has 0 aliphatic carbocycles. The fourth-order valence-electron chi connectivity index (χ4n) is 1.94. The minimum absolute atomic E-state index is 0.167. The van der Waals surface area contributed by atoms with E-state index in [1.165, 1.54) is 0 Å². The summed E-state index contributed by atoms with van der Waals surface area (Å²) in [7, 11) is 1.68. The summed E-state index contributed by atoms with van der Waals surface area (Å²) < 4.78 is 8.06. The molecule has 1 aromatic heterocycles. The third-order valence-electron chi connectivity index (χ3n) is 2.92. The predicted molar refractivity (Wildman–Crippen MR) is 86.0 cm³/mol. The van der Waals surface area contributed by atoms with Crippen molar-refractivity contribution in [2.45, 2.75) is 19.9 Å². The summed E-state index contributed by atoms with van der Waals surface area (Å²) >= 11 is 9.79. The number of nitrogens with one attached hydrogen (secondary N) is 1. The zero-order valence-corrected chi connectivity index (χ0v) is 14.0. The second-order valence-electron chi connectivity index (χ2n) is 4.67. The number of imidazole rings is 1. The maximum absolute atomic E-state index is 6.22. The van der Waals surface area contributed by atoms with Gasteiger partial charge >= 0.3 is 0 Å². The number of halogens is 2. The van der Waals surface area contributed by atoms with Crippen LogP contribution >= 0.6 is 27.5 Å². The molecule has 1 heterocycles. The summed E-state index contributed by atoms with van der Waals surface area (Å²) in [4.78, 5) is 4.34. The summed E-state index contributed by atoms with van der Waals surface area (Å²) in [5, 5.41) is 4.04. The van der Waals surface area contributed by atoms with E-state index in [-0.39, 0.29) is 6.04 Å². The molecule has 2 rings (SSSR count). The molecule has 4 nitrogen and oxygen atoms in total. The largest absolute Gasteiger partial charge is 0.383 e. The maximum atomic E-state index is 6.22. The molecule has 108 valence electrons. The Morgan fingerprint density at radius 3 is 2.95 bits per heavy atom. The second-order valence-corrected chi connectivity index (χ2v) is 5.94. The van der Waals surface area contributed by atoms with E-state index in [1.807, 2.05) is 36.7 Å². The Balaban J connectivity index is 2.35. The van der Waals surface area contributed by atoms with E-state index < -0.39 is 0 Å². The highest BCUT2D eigenvalue weighted by Crippen LogP contribution is 2.29. The number of hydrogen-bond acceptors (Lipinski definition) is 3. The average molecular weight is 359 g/mol. The van der Waals surface area contributed by atoms with Gasteiger partial charge in [0.2, 0.25) is 5.95 Å². The molecule has 0 fully saturated rings. The second kappa shape index (κ2) is 6.61. The normalized spacial score (nSPS) is 12.4. The Bertz CT molecular complexity index is 600. The molecule has 0 bridgehead atoms. The van der Waals surface area contributed by atoms with Crippen LogP contribution in [0.5, 0.6) is 0 Å². The maximum Gasteiger partial charge on any atom is 0.207 e. The van der Waals surface area contributed by atoms with E-state index >= 15 is 0 Å². The monoisotopic (exact) mass is 357 g/mol. The number of rotatable bonds is 5. The van der Waals surface area contributed by atoms with E-state index in [0.29, 0.717) is 6.61 Å². The van der Waals surface area contributed by atoms with Crippen molar-refractivity contribution < 1.29 is 4.74 Å². The van der Waals surface area contributed by atoms with Crippen LogP contribution in [0.4, 0.5) is 5.95 Å². The van der Waals surface area contributed by atoms with Crippen LogP contribution in [0.25, 0.3) is 5.69 Å². The van der Waals surface area contributed by atoms with Crippen molar-refractivity contribution in [2.75, 3.05) is 19.0 Å². The molecule has 0 aliphatic heterocycles. The van der Waals surface area contributed by atoms with Gasteiger partial charge in [0.25, 0.3) is 0 Å². The molecule has 0 saturated heterocycles. The minimum atomic E-state index is 0.167. The molecular formula is C14H17BrClN3O. The highest BCUT2D eigenvalue weighted by atomic mass is 79.9. The molecular weight excluding hydrogens is 342 g/mol. The molecule has 0 aliphatic rings. The van der Waals surface area contributed by atoms with E-state index in [0.717, 1.165) is 26.7 Å². The molecule has 20 heavy (non-hydrogen) atoms. The molecule has 1 N–H and O–H groups in total. The first-order chi connectivity index (χ1) is 9.52. The number of anilines is 1. The van der Waals surface area contributed by atoms with Gasteiger partial charge in [0.1, 0.15) is 0 Å². The molecule has 0 saturated carbocycles. The van der Waals surface area contributed by atoms with Gasteiger partial charge in [-0.05, 0) is 47.5 Å². The van der Waals surface area contributed by atoms with Crippen LogP contribution in [-0.2, 0) is 4.74 Å². The van der Waals surface area contributed by atoms with Gasteiger partial charge in [0.05, 0.1) is 12.3 Å². The first-order valence-corrected chi connectivity index (χ1v) is 7.45. The summed E-state index contributed by atoms with van der Waals surface area (Å²) in [5.41, 5.74) is 1.98. The van der Waals surface area contributed by atoms with E-state index in [2.05, 4.69) is 26.2 Å². The van der Waals surface area contributed by atoms with Crippen molar-refractivity contribution in [2.24, 2.45) is 0 Å². The van der Waals surface area contributed by atoms with Gasteiger partial charge in [-0.2, -0.15) is 0 Å². The standard InChI is InChI=1S/C14H17BrClN3O/c1-9-6-11(15)13(7-12(9)16)19-5-4-17-14(19)18-10(2)8-20-3/h4-7,10H,8H2,1-3H3,(H,17,18). The molecule has 1 atom stereocenters. The summed E-state index contributed by atoms with van der Waals surface area (Å²) in [5.74, 6) is 0.759. The highest BCUT2D eigenvalue weighted by molar-refractivity contribution is 9.10. The van der Waals surface area contributed by atoms with Gasteiger partial charge < -0.3 is 10.1 Å². The van der Waals surface area contributed by atoms with Crippen molar-refractivity contribution in [3.63, 3.8) is 0 Å². The Morgan fingerprint density at radius 1 is 1.50 bits per heavy atom. The van der Waals surface area contributed by atoms with Crippen LogP contribution in [0.2, 0.25) is 5.02 Å². The molecule has 0 spiro atoms. The first-order valence-electron chi connectivity index (χ1n) is 6.27. The molecule has 1 unspecified atom stereocenters. The molecule has 0 amide bonds. The smallest absolute Gasteiger partial charge is 0.207 e. The highest BCUT2D eigenvalue weighted by Gasteiger charge is 2.12. The summed E-state index contributed by atoms with van der Waals surface area (Å²) in [6, 6.07) is 4.09. The number of hydrogen-bond donors (Lipinski definition) is 1. The molecule has 2 aromatic rings. The fourth-order valence-corrected chi connectivity index (χ4v) is 2.74. The zero-order valence-electron chi connectivity index (χ0n) is 11.7. The van der Waals surface area contributed by atoms with Crippen LogP contribution in [0, 0.1) is 6.92 Å². The minimum Gasteiger partial charge on any atom is -0.383 e. The fraction of sp³-hybridized carbons (Fsp3) is 0.357. The quantitative estimate of drug-likeness (QED) is 0.876. The van der Waals surface area contributed by atoms with E-state index in [4.69, 9.17) is 16.3 Å². The Morgan fingerprint density at radius 2 is 2.25 bits per heavy atom. The van der Waals surface area contributed by atoms with E-state index in [1.54, 1.807) is 13.3 Å². The van der Waals surface area contributed by atoms with E-state index in [9.17, 15) is 0 Å². The predicted octanol–water partition coefficient (Wildman–Crippen LogP) is 4.04. The number of ether oxygens (including phenoxy) is 1. The van der Waals surface area contributed by atoms with Crippen molar-refractivity contribution in [3.8, 4) is 5.69 Å². The van der Waals surface area contributed by atoms with Crippen LogP contribution in [0.3, 0.4) is 0 Å². The van der Waals surface area contributed by atoms with Crippen molar-refractivity contribution >= 4 is 33.5 Å². The lowest BCUT2D eigenvalue weighted by molar-refractivity contribution is 0.190. The Labute approximate surface area is 132 Å². The Hall–Kier alpha value is -1.04. The number of benzene rings is 1. The summed E-state index contributed by atoms with van der Waals surface area (Å²) in [6.45, 7) is 4.63. The number of methoxy groups -OCH3 is 1. The van der Waals surface area contributed by atoms with Crippen LogP contribution in [-0.4, -0.2) is 29.3 Å². The van der Waals surface area contributed by atoms with Crippen LogP contribution in [0.15, 0.2) is 29.0 Å². The lowest BCUT2D eigenvalue weighted by atomic mass is 10.2. The third-order valence-corrected chi connectivity index (χ3v) is 3.96. The van der Waals surface area contributed by atoms with Crippen LogP contribution in [0.1, 0.15) is 12.5 Å².